The topological polar surface area (TPSA) is 102 Å². The number of pyridine rings is 1. The maximum atomic E-state index is 14.7. The van der Waals surface area contributed by atoms with Crippen molar-refractivity contribution in [2.24, 2.45) is 0 Å². The zero-order valence-corrected chi connectivity index (χ0v) is 17.0. The molecule has 2 N–H and O–H groups in total. The molecule has 5 aromatic rings. The number of nitrogens with zero attached hydrogens (tertiary/aromatic N) is 3. The zero-order chi connectivity index (χ0) is 22.8. The fraction of sp³-hybridized carbons (Fsp3) is 0. The zero-order valence-electron chi connectivity index (χ0n) is 17.0. The van der Waals surface area contributed by atoms with Gasteiger partial charge in [-0.25, -0.2) is 14.1 Å². The Balaban J connectivity index is 1.37. The van der Waals surface area contributed by atoms with Crippen molar-refractivity contribution in [3.63, 3.8) is 0 Å². The van der Waals surface area contributed by atoms with Crippen molar-refractivity contribution in [3.8, 4) is 17.2 Å². The minimum absolute atomic E-state index is 0.0223. The molecule has 0 unspecified atom stereocenters. The molecule has 1 amide bonds. The lowest BCUT2D eigenvalue weighted by atomic mass is 10.2. The van der Waals surface area contributed by atoms with Crippen LogP contribution < -0.4 is 15.5 Å². The van der Waals surface area contributed by atoms with Gasteiger partial charge >= 0.3 is 0 Å². The Hall–Kier alpha value is -4.79. The molecule has 0 radical (unpaired) electrons. The Morgan fingerprint density at radius 3 is 2.70 bits per heavy atom. The highest BCUT2D eigenvalue weighted by atomic mass is 19.1. The molecule has 0 aliphatic rings. The second-order valence-corrected chi connectivity index (χ2v) is 7.06. The lowest BCUT2D eigenvalue weighted by molar-refractivity contribution is 0.101. The highest BCUT2D eigenvalue weighted by molar-refractivity contribution is 6.02. The normalized spacial score (nSPS) is 10.8. The summed E-state index contributed by atoms with van der Waals surface area (Å²) in [6.07, 6.45) is 4.74. The first kappa shape index (κ1) is 20.1. The molecule has 0 aliphatic carbocycles. The molecule has 0 fully saturated rings. The fourth-order valence-corrected chi connectivity index (χ4v) is 3.28. The molecule has 0 atom stereocenters. The molecule has 0 bridgehead atoms. The molecular weight excluding hydrogens is 425 g/mol. The minimum Gasteiger partial charge on any atom is -0.453 e. The lowest BCUT2D eigenvalue weighted by Crippen LogP contribution is -2.25. The van der Waals surface area contributed by atoms with Gasteiger partial charge in [0.2, 0.25) is 5.43 Å². The summed E-state index contributed by atoms with van der Waals surface area (Å²) in [6.45, 7) is 0. The Kier molecular flexibility index (Phi) is 5.12. The van der Waals surface area contributed by atoms with E-state index >= 15 is 0 Å². The van der Waals surface area contributed by atoms with E-state index in [1.165, 1.54) is 29.1 Å². The monoisotopic (exact) mass is 441 g/mol. The van der Waals surface area contributed by atoms with Crippen LogP contribution in [0.5, 0.6) is 11.5 Å². The van der Waals surface area contributed by atoms with Crippen LogP contribution in [0.25, 0.3) is 16.7 Å². The molecule has 2 aromatic carbocycles. The number of nitrogens with one attached hydrogen (secondary N) is 2. The number of para-hydroxylation sites is 1. The average molecular weight is 441 g/mol. The number of carbonyl (C=O) groups is 1. The van der Waals surface area contributed by atoms with E-state index in [0.717, 1.165) is 6.07 Å². The molecule has 33 heavy (non-hydrogen) atoms. The van der Waals surface area contributed by atoms with Crippen LogP contribution in [-0.4, -0.2) is 25.7 Å². The summed E-state index contributed by atoms with van der Waals surface area (Å²) >= 11 is 0. The third-order valence-corrected chi connectivity index (χ3v) is 4.87. The van der Waals surface area contributed by atoms with E-state index in [1.807, 2.05) is 18.2 Å². The van der Waals surface area contributed by atoms with Gasteiger partial charge in [0.25, 0.3) is 5.91 Å². The summed E-state index contributed by atoms with van der Waals surface area (Å²) in [5.74, 6) is -1.02. The largest absolute Gasteiger partial charge is 0.453 e. The number of hydrogen-bond acceptors (Lipinski definition) is 5. The van der Waals surface area contributed by atoms with Crippen LogP contribution in [0.1, 0.15) is 10.5 Å². The van der Waals surface area contributed by atoms with E-state index in [2.05, 4.69) is 20.4 Å². The number of fused-ring (bicyclic) bond motifs is 1. The van der Waals surface area contributed by atoms with Gasteiger partial charge in [0.1, 0.15) is 11.4 Å². The van der Waals surface area contributed by atoms with Crippen molar-refractivity contribution < 1.29 is 13.9 Å². The molecular formula is C24H16FN5O3. The van der Waals surface area contributed by atoms with Crippen molar-refractivity contribution in [1.29, 1.82) is 0 Å². The fourth-order valence-electron chi connectivity index (χ4n) is 3.28. The smallest absolute Gasteiger partial charge is 0.280 e. The van der Waals surface area contributed by atoms with Crippen molar-refractivity contribution in [2.75, 3.05) is 5.32 Å². The highest BCUT2D eigenvalue weighted by Crippen LogP contribution is 2.31. The number of benzene rings is 2. The first-order valence-corrected chi connectivity index (χ1v) is 9.95. The molecule has 3 heterocycles. The van der Waals surface area contributed by atoms with Gasteiger partial charge < -0.3 is 15.0 Å². The van der Waals surface area contributed by atoms with Crippen LogP contribution >= 0.6 is 0 Å². The molecule has 0 spiro atoms. The SMILES string of the molecule is O=C(Nc1ccc(Oc2ccnc3[nH]ccc23)c(F)c1)c1nn(-c2ccccc2)ccc1=O. The van der Waals surface area contributed by atoms with Crippen molar-refractivity contribution in [2.45, 2.75) is 0 Å². The quantitative estimate of drug-likeness (QED) is 0.424. The van der Waals surface area contributed by atoms with Crippen molar-refractivity contribution in [1.82, 2.24) is 19.7 Å². The Labute approximate surface area is 186 Å². The minimum atomic E-state index is -0.749. The predicted molar refractivity (Wildman–Crippen MR) is 120 cm³/mol. The number of halogens is 1. The molecule has 3 aromatic heterocycles. The predicted octanol–water partition coefficient (Wildman–Crippen LogP) is 4.29. The standard InChI is InChI=1S/C24H16FN5O3/c25-18-14-15(6-7-21(18)33-20-9-12-27-23-17(20)8-11-26-23)28-24(32)22-19(31)10-13-30(29-22)16-4-2-1-3-5-16/h1-14H,(H,26,27)(H,28,32). The van der Waals surface area contributed by atoms with E-state index < -0.39 is 17.2 Å². The second-order valence-electron chi connectivity index (χ2n) is 7.06. The van der Waals surface area contributed by atoms with Crippen LogP contribution in [0.4, 0.5) is 10.1 Å². The highest BCUT2D eigenvalue weighted by Gasteiger charge is 2.16. The summed E-state index contributed by atoms with van der Waals surface area (Å²) in [6, 6.07) is 17.7. The third kappa shape index (κ3) is 4.07. The Morgan fingerprint density at radius 1 is 1.03 bits per heavy atom. The van der Waals surface area contributed by atoms with Gasteiger partial charge in [0.15, 0.2) is 17.3 Å². The van der Waals surface area contributed by atoms with Crippen LogP contribution in [0.15, 0.2) is 90.1 Å². The Bertz CT molecular complexity index is 1530. The van der Waals surface area contributed by atoms with E-state index in [0.29, 0.717) is 22.5 Å². The van der Waals surface area contributed by atoms with Gasteiger partial charge in [0.05, 0.1) is 11.1 Å². The van der Waals surface area contributed by atoms with Gasteiger partial charge in [-0.1, -0.05) is 18.2 Å². The maximum absolute atomic E-state index is 14.7. The number of amides is 1. The van der Waals surface area contributed by atoms with Crippen LogP contribution in [0, 0.1) is 5.82 Å². The lowest BCUT2D eigenvalue weighted by Gasteiger charge is -2.10. The summed E-state index contributed by atoms with van der Waals surface area (Å²) in [5, 5.41) is 7.34. The van der Waals surface area contributed by atoms with Gasteiger partial charge in [-0.15, -0.1) is 0 Å². The molecule has 162 valence electrons. The number of ether oxygens (including phenoxy) is 1. The van der Waals surface area contributed by atoms with E-state index in [9.17, 15) is 14.0 Å². The van der Waals surface area contributed by atoms with Crippen molar-refractivity contribution >= 4 is 22.6 Å². The number of aromatic nitrogens is 4. The average Bonchev–Trinajstić information content (AvgIpc) is 3.31. The van der Waals surface area contributed by atoms with E-state index in [4.69, 9.17) is 4.74 Å². The summed E-state index contributed by atoms with van der Waals surface area (Å²) in [4.78, 5) is 32.0. The number of anilines is 1. The molecule has 8 nitrogen and oxygen atoms in total. The van der Waals surface area contributed by atoms with Gasteiger partial charge in [-0.3, -0.25) is 9.59 Å². The first-order chi connectivity index (χ1) is 16.1. The van der Waals surface area contributed by atoms with E-state index in [1.54, 1.807) is 36.7 Å². The second kappa shape index (κ2) is 8.39. The first-order valence-electron chi connectivity index (χ1n) is 9.95. The van der Waals surface area contributed by atoms with Crippen LogP contribution in [0.3, 0.4) is 0 Å². The van der Waals surface area contributed by atoms with Crippen molar-refractivity contribution in [3.05, 3.63) is 107 Å². The molecule has 5 rings (SSSR count). The van der Waals surface area contributed by atoms with Crippen LogP contribution in [0.2, 0.25) is 0 Å². The summed E-state index contributed by atoms with van der Waals surface area (Å²) in [5.41, 5.74) is 0.602. The number of hydrogen-bond donors (Lipinski definition) is 2. The summed E-state index contributed by atoms with van der Waals surface area (Å²) < 4.78 is 21.8. The summed E-state index contributed by atoms with van der Waals surface area (Å²) in [7, 11) is 0. The van der Waals surface area contributed by atoms with Crippen LogP contribution in [-0.2, 0) is 0 Å². The maximum Gasteiger partial charge on any atom is 0.280 e. The number of H-pyrrole nitrogens is 1. The van der Waals surface area contributed by atoms with Gasteiger partial charge in [-0.05, 0) is 36.4 Å². The molecule has 0 saturated heterocycles. The number of rotatable bonds is 5. The molecule has 0 saturated carbocycles. The number of carbonyl (C=O) groups excluding carboxylic acids is 1. The third-order valence-electron chi connectivity index (χ3n) is 4.87. The molecule has 0 aliphatic heterocycles. The van der Waals surface area contributed by atoms with E-state index in [-0.39, 0.29) is 17.1 Å². The van der Waals surface area contributed by atoms with Gasteiger partial charge in [-0.2, -0.15) is 5.10 Å². The molecule has 9 heteroatoms. The Morgan fingerprint density at radius 2 is 1.88 bits per heavy atom. The number of aromatic amines is 1. The van der Waals surface area contributed by atoms with Gasteiger partial charge in [0, 0.05) is 36.4 Å².